The van der Waals surface area contributed by atoms with Crippen LogP contribution < -0.4 is 5.69 Å². The van der Waals surface area contributed by atoms with Gasteiger partial charge in [0.25, 0.3) is 5.91 Å². The number of nitrogens with zero attached hydrogens (tertiary/aromatic N) is 7. The third kappa shape index (κ3) is 3.21. The van der Waals surface area contributed by atoms with Gasteiger partial charge < -0.3 is 4.90 Å². The summed E-state index contributed by atoms with van der Waals surface area (Å²) in [6.45, 7) is 5.58. The van der Waals surface area contributed by atoms with Gasteiger partial charge in [-0.3, -0.25) is 9.36 Å². The first-order chi connectivity index (χ1) is 13.6. The number of benzene rings is 1. The molecule has 0 unspecified atom stereocenters. The van der Waals surface area contributed by atoms with Crippen LogP contribution in [0.4, 0.5) is 0 Å². The minimum absolute atomic E-state index is 0.0130. The van der Waals surface area contributed by atoms with Gasteiger partial charge in [-0.05, 0) is 55.3 Å². The molecule has 0 spiro atoms. The average molecular weight is 382 g/mol. The lowest BCUT2D eigenvalue weighted by atomic mass is 9.95. The molecule has 4 rings (SSSR count). The lowest BCUT2D eigenvalue weighted by Crippen LogP contribution is -2.38. The maximum Gasteiger partial charge on any atom is 0.343 e. The number of rotatable bonds is 4. The van der Waals surface area contributed by atoms with Crippen molar-refractivity contribution >= 4 is 5.91 Å². The Bertz CT molecular complexity index is 1040. The molecule has 1 aromatic carbocycles. The highest BCUT2D eigenvalue weighted by Crippen LogP contribution is 2.27. The number of likely N-dealkylation sites (tertiary alicyclic amines) is 1. The van der Waals surface area contributed by atoms with Gasteiger partial charge >= 0.3 is 5.69 Å². The predicted molar refractivity (Wildman–Crippen MR) is 100 cm³/mol. The van der Waals surface area contributed by atoms with E-state index in [4.69, 9.17) is 0 Å². The summed E-state index contributed by atoms with van der Waals surface area (Å²) in [4.78, 5) is 26.6. The molecular weight excluding hydrogens is 360 g/mol. The lowest BCUT2D eigenvalue weighted by Gasteiger charge is -2.31. The first-order valence-corrected chi connectivity index (χ1v) is 9.38. The Morgan fingerprint density at radius 3 is 2.75 bits per heavy atom. The second-order valence-electron chi connectivity index (χ2n) is 6.89. The van der Waals surface area contributed by atoms with Crippen molar-refractivity contribution in [2.75, 3.05) is 13.1 Å². The van der Waals surface area contributed by atoms with E-state index in [1.165, 1.54) is 0 Å². The fourth-order valence-corrected chi connectivity index (χ4v) is 3.71. The predicted octanol–water partition coefficient (Wildman–Crippen LogP) is 0.895. The molecule has 28 heavy (non-hydrogen) atoms. The van der Waals surface area contributed by atoms with Gasteiger partial charge in [0, 0.05) is 31.1 Å². The highest BCUT2D eigenvalue weighted by molar-refractivity contribution is 5.94. The number of aromatic nitrogens is 7. The molecule has 146 valence electrons. The van der Waals surface area contributed by atoms with E-state index in [0.717, 1.165) is 24.4 Å². The maximum atomic E-state index is 13.0. The standard InChI is InChI=1S/C18H22N8O2/c1-3-25-16(20-21-18(25)28)13-7-9-24(10-8-13)17(27)14-5-4-6-15(11-14)26-12(2)19-22-23-26/h4-6,11,13H,3,7-10H2,1-2H3,(H,21,28). The van der Waals surface area contributed by atoms with Gasteiger partial charge in [0.1, 0.15) is 5.82 Å². The second-order valence-corrected chi connectivity index (χ2v) is 6.89. The van der Waals surface area contributed by atoms with Crippen LogP contribution in [0.2, 0.25) is 0 Å². The summed E-state index contributed by atoms with van der Waals surface area (Å²) in [5, 5.41) is 18.2. The van der Waals surface area contributed by atoms with E-state index in [-0.39, 0.29) is 17.5 Å². The van der Waals surface area contributed by atoms with Gasteiger partial charge in [0.15, 0.2) is 5.82 Å². The summed E-state index contributed by atoms with van der Waals surface area (Å²) in [6, 6.07) is 7.31. The monoisotopic (exact) mass is 382 g/mol. The van der Waals surface area contributed by atoms with E-state index in [1.54, 1.807) is 21.4 Å². The second kappa shape index (κ2) is 7.37. The Morgan fingerprint density at radius 1 is 1.29 bits per heavy atom. The summed E-state index contributed by atoms with van der Waals surface area (Å²) in [6.07, 6.45) is 1.56. The van der Waals surface area contributed by atoms with E-state index >= 15 is 0 Å². The Morgan fingerprint density at radius 2 is 2.07 bits per heavy atom. The van der Waals surface area contributed by atoms with Gasteiger partial charge in [-0.25, -0.2) is 9.89 Å². The van der Waals surface area contributed by atoms with Crippen LogP contribution in [0.3, 0.4) is 0 Å². The number of hydrogen-bond donors (Lipinski definition) is 1. The minimum atomic E-state index is -0.175. The lowest BCUT2D eigenvalue weighted by molar-refractivity contribution is 0.0710. The zero-order chi connectivity index (χ0) is 19.7. The molecule has 10 heteroatoms. The number of aromatic amines is 1. The molecule has 3 heterocycles. The highest BCUT2D eigenvalue weighted by atomic mass is 16.2. The Balaban J connectivity index is 1.47. The maximum absolute atomic E-state index is 13.0. The number of nitrogens with one attached hydrogen (secondary N) is 1. The smallest absolute Gasteiger partial charge is 0.339 e. The highest BCUT2D eigenvalue weighted by Gasteiger charge is 2.28. The largest absolute Gasteiger partial charge is 0.343 e. The zero-order valence-corrected chi connectivity index (χ0v) is 15.9. The van der Waals surface area contributed by atoms with Gasteiger partial charge in [-0.15, -0.1) is 5.10 Å². The number of aryl methyl sites for hydroxylation is 1. The normalized spacial score (nSPS) is 15.1. The van der Waals surface area contributed by atoms with E-state index in [9.17, 15) is 9.59 Å². The van der Waals surface area contributed by atoms with Crippen LogP contribution in [-0.4, -0.2) is 58.9 Å². The van der Waals surface area contributed by atoms with Crippen molar-refractivity contribution in [2.45, 2.75) is 39.2 Å². The summed E-state index contributed by atoms with van der Waals surface area (Å²) in [5.41, 5.74) is 1.19. The fraction of sp³-hybridized carbons (Fsp3) is 0.444. The van der Waals surface area contributed by atoms with Gasteiger partial charge in [0.05, 0.1) is 5.69 Å². The minimum Gasteiger partial charge on any atom is -0.339 e. The average Bonchev–Trinajstić information content (AvgIpc) is 3.32. The first-order valence-electron chi connectivity index (χ1n) is 9.38. The van der Waals surface area contributed by atoms with Crippen LogP contribution in [0.5, 0.6) is 0 Å². The van der Waals surface area contributed by atoms with Gasteiger partial charge in [0.2, 0.25) is 0 Å². The zero-order valence-electron chi connectivity index (χ0n) is 15.9. The number of carbonyl (C=O) groups is 1. The number of hydrogen-bond acceptors (Lipinski definition) is 6. The van der Waals surface area contributed by atoms with Crippen LogP contribution in [0.1, 0.15) is 47.7 Å². The van der Waals surface area contributed by atoms with E-state index < -0.39 is 0 Å². The molecule has 0 saturated carbocycles. The SMILES string of the molecule is CCn1c(C2CCN(C(=O)c3cccc(-n4nnnc4C)c3)CC2)n[nH]c1=O. The summed E-state index contributed by atoms with van der Waals surface area (Å²) in [7, 11) is 0. The number of carbonyl (C=O) groups excluding carboxylic acids is 1. The van der Waals surface area contributed by atoms with Crippen molar-refractivity contribution < 1.29 is 4.79 Å². The van der Waals surface area contributed by atoms with Crippen LogP contribution in [0.15, 0.2) is 29.1 Å². The number of piperidine rings is 1. The van der Waals surface area contributed by atoms with Crippen molar-refractivity contribution in [1.29, 1.82) is 0 Å². The number of amides is 1. The first kappa shape index (κ1) is 18.1. The molecule has 1 N–H and O–H groups in total. The topological polar surface area (TPSA) is 115 Å². The van der Waals surface area contributed by atoms with Crippen LogP contribution in [0, 0.1) is 6.92 Å². The molecular formula is C18H22N8O2. The number of tetrazole rings is 1. The van der Waals surface area contributed by atoms with Crippen molar-refractivity contribution in [1.82, 2.24) is 39.9 Å². The van der Waals surface area contributed by atoms with Crippen molar-refractivity contribution in [3.05, 3.63) is 52.0 Å². The van der Waals surface area contributed by atoms with Crippen molar-refractivity contribution in [3.8, 4) is 5.69 Å². The van der Waals surface area contributed by atoms with Gasteiger partial charge in [-0.2, -0.15) is 9.78 Å². The van der Waals surface area contributed by atoms with Crippen LogP contribution in [0.25, 0.3) is 5.69 Å². The Labute approximate surface area is 161 Å². The molecule has 0 radical (unpaired) electrons. The summed E-state index contributed by atoms with van der Waals surface area (Å²) in [5.74, 6) is 1.61. The van der Waals surface area contributed by atoms with Crippen LogP contribution in [-0.2, 0) is 6.54 Å². The third-order valence-corrected chi connectivity index (χ3v) is 5.21. The molecule has 3 aromatic rings. The molecule has 2 aromatic heterocycles. The molecule has 1 aliphatic rings. The molecule has 1 fully saturated rings. The van der Waals surface area contributed by atoms with Crippen LogP contribution >= 0.6 is 0 Å². The summed E-state index contributed by atoms with van der Waals surface area (Å²) < 4.78 is 3.27. The molecule has 1 amide bonds. The Kier molecular flexibility index (Phi) is 4.76. The third-order valence-electron chi connectivity index (χ3n) is 5.21. The molecule has 0 bridgehead atoms. The Hall–Kier alpha value is -3.30. The van der Waals surface area contributed by atoms with Crippen molar-refractivity contribution in [2.24, 2.45) is 0 Å². The number of H-pyrrole nitrogens is 1. The fourth-order valence-electron chi connectivity index (χ4n) is 3.71. The quantitative estimate of drug-likeness (QED) is 0.717. The molecule has 0 atom stereocenters. The molecule has 0 aliphatic carbocycles. The van der Waals surface area contributed by atoms with E-state index in [1.807, 2.05) is 30.9 Å². The van der Waals surface area contributed by atoms with Crippen molar-refractivity contribution in [3.63, 3.8) is 0 Å². The molecule has 10 nitrogen and oxygen atoms in total. The summed E-state index contributed by atoms with van der Waals surface area (Å²) >= 11 is 0. The van der Waals surface area contributed by atoms with E-state index in [0.29, 0.717) is 31.0 Å². The molecule has 1 saturated heterocycles. The molecule has 1 aliphatic heterocycles. The van der Waals surface area contributed by atoms with E-state index in [2.05, 4.69) is 25.7 Å². The van der Waals surface area contributed by atoms with Gasteiger partial charge in [-0.1, -0.05) is 6.07 Å².